The van der Waals surface area contributed by atoms with Crippen LogP contribution in [0.15, 0.2) is 36.4 Å². The first-order chi connectivity index (χ1) is 13.0. The van der Waals surface area contributed by atoms with Crippen LogP contribution in [0.25, 0.3) is 11.1 Å². The normalized spacial score (nSPS) is 17.3. The van der Waals surface area contributed by atoms with E-state index >= 15 is 0 Å². The van der Waals surface area contributed by atoms with Crippen LogP contribution in [0.4, 0.5) is 4.79 Å². The molecule has 0 spiro atoms. The number of carbonyl (C=O) groups excluding carboxylic acids is 1. The molecule has 0 aliphatic heterocycles. The van der Waals surface area contributed by atoms with Crippen LogP contribution in [0, 0.1) is 5.41 Å². The van der Waals surface area contributed by atoms with Gasteiger partial charge in [-0.3, -0.25) is 0 Å². The SMILES string of the molecule is CCC1(CC)Cc2cc(-c3ccc(OC)c(OC)c3)ccc2C1OC(N)=O. The molecule has 27 heavy (non-hydrogen) atoms. The maximum atomic E-state index is 11.5. The highest BCUT2D eigenvalue weighted by atomic mass is 16.6. The van der Waals surface area contributed by atoms with Crippen molar-refractivity contribution in [1.29, 1.82) is 0 Å². The van der Waals surface area contributed by atoms with E-state index in [4.69, 9.17) is 19.9 Å². The van der Waals surface area contributed by atoms with Crippen molar-refractivity contribution in [1.82, 2.24) is 0 Å². The van der Waals surface area contributed by atoms with E-state index in [1.54, 1.807) is 14.2 Å². The van der Waals surface area contributed by atoms with Gasteiger partial charge >= 0.3 is 6.09 Å². The number of fused-ring (bicyclic) bond motifs is 1. The molecule has 144 valence electrons. The van der Waals surface area contributed by atoms with Crippen LogP contribution in [0.1, 0.15) is 43.9 Å². The summed E-state index contributed by atoms with van der Waals surface area (Å²) < 4.78 is 16.3. The highest BCUT2D eigenvalue weighted by Crippen LogP contribution is 2.52. The first-order valence-corrected chi connectivity index (χ1v) is 9.29. The van der Waals surface area contributed by atoms with Gasteiger partial charge in [0.05, 0.1) is 14.2 Å². The third kappa shape index (κ3) is 3.34. The second kappa shape index (κ2) is 7.51. The van der Waals surface area contributed by atoms with Crippen LogP contribution in [0.5, 0.6) is 11.5 Å². The Balaban J connectivity index is 2.02. The molecule has 5 nitrogen and oxygen atoms in total. The van der Waals surface area contributed by atoms with E-state index in [0.29, 0.717) is 11.5 Å². The zero-order valence-corrected chi connectivity index (χ0v) is 16.4. The number of primary amides is 1. The largest absolute Gasteiger partial charge is 0.493 e. The van der Waals surface area contributed by atoms with Gasteiger partial charge in [0.15, 0.2) is 11.5 Å². The molecule has 0 saturated carbocycles. The van der Waals surface area contributed by atoms with Gasteiger partial charge in [-0.15, -0.1) is 0 Å². The number of ether oxygens (including phenoxy) is 3. The molecule has 0 radical (unpaired) electrons. The van der Waals surface area contributed by atoms with E-state index in [2.05, 4.69) is 32.0 Å². The number of amides is 1. The lowest BCUT2D eigenvalue weighted by molar-refractivity contribution is 0.0140. The number of carbonyl (C=O) groups is 1. The molecule has 3 rings (SSSR count). The van der Waals surface area contributed by atoms with Gasteiger partial charge in [0.25, 0.3) is 0 Å². The molecular weight excluding hydrogens is 342 g/mol. The van der Waals surface area contributed by atoms with Crippen molar-refractivity contribution in [3.63, 3.8) is 0 Å². The van der Waals surface area contributed by atoms with E-state index in [0.717, 1.165) is 36.0 Å². The average Bonchev–Trinajstić information content (AvgIpc) is 3.00. The van der Waals surface area contributed by atoms with E-state index < -0.39 is 6.09 Å². The highest BCUT2D eigenvalue weighted by Gasteiger charge is 2.46. The second-order valence-electron chi connectivity index (χ2n) is 7.05. The Morgan fingerprint density at radius 3 is 2.26 bits per heavy atom. The van der Waals surface area contributed by atoms with Crippen LogP contribution < -0.4 is 15.2 Å². The van der Waals surface area contributed by atoms with Gasteiger partial charge in [-0.05, 0) is 53.6 Å². The van der Waals surface area contributed by atoms with Crippen LogP contribution in [0.3, 0.4) is 0 Å². The van der Waals surface area contributed by atoms with Gasteiger partial charge in [-0.1, -0.05) is 38.1 Å². The number of methoxy groups -OCH3 is 2. The lowest BCUT2D eigenvalue weighted by atomic mass is 9.77. The lowest BCUT2D eigenvalue weighted by Gasteiger charge is -2.32. The van der Waals surface area contributed by atoms with Gasteiger partial charge in [0, 0.05) is 5.41 Å². The van der Waals surface area contributed by atoms with Crippen LogP contribution in [-0.2, 0) is 11.2 Å². The minimum Gasteiger partial charge on any atom is -0.493 e. The number of rotatable bonds is 6. The number of benzene rings is 2. The maximum absolute atomic E-state index is 11.5. The zero-order valence-electron chi connectivity index (χ0n) is 16.4. The Morgan fingerprint density at radius 2 is 1.67 bits per heavy atom. The molecule has 1 amide bonds. The third-order valence-electron chi connectivity index (χ3n) is 5.88. The minimum absolute atomic E-state index is 0.104. The van der Waals surface area contributed by atoms with Gasteiger partial charge in [0.1, 0.15) is 6.10 Å². The first kappa shape index (κ1) is 19.1. The summed E-state index contributed by atoms with van der Waals surface area (Å²) in [7, 11) is 3.26. The molecule has 2 aromatic rings. The third-order valence-corrected chi connectivity index (χ3v) is 5.88. The molecule has 0 aromatic heterocycles. The van der Waals surface area contributed by atoms with Gasteiger partial charge < -0.3 is 19.9 Å². The van der Waals surface area contributed by atoms with E-state index in [9.17, 15) is 4.79 Å². The molecule has 1 unspecified atom stereocenters. The number of nitrogens with two attached hydrogens (primary N) is 1. The highest BCUT2D eigenvalue weighted by molar-refractivity contribution is 5.70. The van der Waals surface area contributed by atoms with Gasteiger partial charge in [-0.2, -0.15) is 0 Å². The topological polar surface area (TPSA) is 70.8 Å². The molecule has 0 bridgehead atoms. The molecule has 1 atom stereocenters. The monoisotopic (exact) mass is 369 g/mol. The van der Waals surface area contributed by atoms with Crippen molar-refractivity contribution in [2.45, 2.75) is 39.2 Å². The average molecular weight is 369 g/mol. The summed E-state index contributed by atoms with van der Waals surface area (Å²) in [4.78, 5) is 11.5. The summed E-state index contributed by atoms with van der Waals surface area (Å²) in [6.07, 6.45) is 1.69. The Hall–Kier alpha value is -2.69. The molecule has 0 heterocycles. The Morgan fingerprint density at radius 1 is 1.04 bits per heavy atom. The fourth-order valence-corrected chi connectivity index (χ4v) is 4.19. The van der Waals surface area contributed by atoms with Gasteiger partial charge in [-0.25, -0.2) is 4.79 Å². The molecule has 2 aromatic carbocycles. The summed E-state index contributed by atoms with van der Waals surface area (Å²) in [6, 6.07) is 12.2. The van der Waals surface area contributed by atoms with Crippen LogP contribution >= 0.6 is 0 Å². The van der Waals surface area contributed by atoms with Gasteiger partial charge in [0.2, 0.25) is 0 Å². The molecule has 2 N–H and O–H groups in total. The summed E-state index contributed by atoms with van der Waals surface area (Å²) >= 11 is 0. The van der Waals surface area contributed by atoms with Crippen molar-refractivity contribution >= 4 is 6.09 Å². The molecule has 1 aliphatic carbocycles. The molecule has 0 fully saturated rings. The summed E-state index contributed by atoms with van der Waals surface area (Å²) in [5.41, 5.74) is 9.66. The van der Waals surface area contributed by atoms with Crippen LogP contribution in [0.2, 0.25) is 0 Å². The standard InChI is InChI=1S/C22H27NO4/c1-5-22(6-2)13-16-11-14(7-9-17(16)20(22)27-21(23)24)15-8-10-18(25-3)19(12-15)26-4/h7-12,20H,5-6,13H2,1-4H3,(H2,23,24). The molecule has 5 heteroatoms. The van der Waals surface area contributed by atoms with E-state index in [1.807, 2.05) is 18.2 Å². The summed E-state index contributed by atoms with van der Waals surface area (Å²) in [6.45, 7) is 4.28. The number of hydrogen-bond donors (Lipinski definition) is 1. The quantitative estimate of drug-likeness (QED) is 0.788. The van der Waals surface area contributed by atoms with Crippen molar-refractivity contribution < 1.29 is 19.0 Å². The van der Waals surface area contributed by atoms with Crippen molar-refractivity contribution in [3.05, 3.63) is 47.5 Å². The Bertz CT molecular complexity index is 842. The predicted molar refractivity (Wildman–Crippen MR) is 105 cm³/mol. The van der Waals surface area contributed by atoms with Crippen molar-refractivity contribution in [2.75, 3.05) is 14.2 Å². The Labute approximate surface area is 160 Å². The second-order valence-corrected chi connectivity index (χ2v) is 7.05. The minimum atomic E-state index is -0.719. The fourth-order valence-electron chi connectivity index (χ4n) is 4.19. The molecular formula is C22H27NO4. The Kier molecular flexibility index (Phi) is 5.31. The molecule has 0 saturated heterocycles. The van der Waals surface area contributed by atoms with Crippen molar-refractivity contribution in [2.24, 2.45) is 11.1 Å². The zero-order chi connectivity index (χ0) is 19.6. The fraction of sp³-hybridized carbons (Fsp3) is 0.409. The van der Waals surface area contributed by atoms with Crippen molar-refractivity contribution in [3.8, 4) is 22.6 Å². The smallest absolute Gasteiger partial charge is 0.405 e. The number of hydrogen-bond acceptors (Lipinski definition) is 4. The van der Waals surface area contributed by atoms with E-state index in [-0.39, 0.29) is 11.5 Å². The summed E-state index contributed by atoms with van der Waals surface area (Å²) in [5.74, 6) is 1.40. The molecule has 1 aliphatic rings. The first-order valence-electron chi connectivity index (χ1n) is 9.29. The van der Waals surface area contributed by atoms with E-state index in [1.165, 1.54) is 5.56 Å². The van der Waals surface area contributed by atoms with Crippen LogP contribution in [-0.4, -0.2) is 20.3 Å². The predicted octanol–water partition coefficient (Wildman–Crippen LogP) is 4.87. The lowest BCUT2D eigenvalue weighted by Crippen LogP contribution is -2.30. The maximum Gasteiger partial charge on any atom is 0.405 e. The summed E-state index contributed by atoms with van der Waals surface area (Å²) in [5, 5.41) is 0.